The maximum atomic E-state index is 12.3. The fourth-order valence-electron chi connectivity index (χ4n) is 2.39. The Bertz CT molecular complexity index is 727. The van der Waals surface area contributed by atoms with Gasteiger partial charge in [0.15, 0.2) is 0 Å². The zero-order chi connectivity index (χ0) is 20.2. The molecule has 0 bridgehead atoms. The standard InChI is InChI=1S/C19H27N3O5/c1-12-6-7-13-15(10-12)26-11-14(17(24)21-13)20-16(23)8-9-22(5)18(25)27-19(2,3)4/h6-7,10,14H,8-9,11H2,1-5H3,(H,20,23)(H,21,24)/t14-/m0/s1. The van der Waals surface area contributed by atoms with E-state index in [9.17, 15) is 14.4 Å². The van der Waals surface area contributed by atoms with Crippen LogP contribution in [0.3, 0.4) is 0 Å². The van der Waals surface area contributed by atoms with Crippen LogP contribution in [0.5, 0.6) is 5.75 Å². The summed E-state index contributed by atoms with van der Waals surface area (Å²) in [7, 11) is 1.56. The predicted octanol–water partition coefficient (Wildman–Crippen LogP) is 2.07. The third kappa shape index (κ3) is 6.16. The van der Waals surface area contributed by atoms with Crippen molar-refractivity contribution in [1.82, 2.24) is 10.2 Å². The lowest BCUT2D eigenvalue weighted by Crippen LogP contribution is -2.47. The van der Waals surface area contributed by atoms with Gasteiger partial charge in [-0.15, -0.1) is 0 Å². The molecule has 8 nitrogen and oxygen atoms in total. The number of anilines is 1. The molecule has 27 heavy (non-hydrogen) atoms. The number of hydrogen-bond acceptors (Lipinski definition) is 5. The van der Waals surface area contributed by atoms with Gasteiger partial charge >= 0.3 is 6.09 Å². The van der Waals surface area contributed by atoms with Crippen LogP contribution >= 0.6 is 0 Å². The number of aryl methyl sites for hydroxylation is 1. The molecule has 0 radical (unpaired) electrons. The third-order valence-electron chi connectivity index (χ3n) is 3.83. The molecule has 1 aromatic rings. The fraction of sp³-hybridized carbons (Fsp3) is 0.526. The molecule has 0 unspecified atom stereocenters. The van der Waals surface area contributed by atoms with E-state index in [0.29, 0.717) is 11.4 Å². The van der Waals surface area contributed by atoms with Crippen LogP contribution in [0.25, 0.3) is 0 Å². The smallest absolute Gasteiger partial charge is 0.410 e. The van der Waals surface area contributed by atoms with Crippen molar-refractivity contribution in [2.24, 2.45) is 0 Å². The van der Waals surface area contributed by atoms with Crippen LogP contribution in [0.2, 0.25) is 0 Å². The highest BCUT2D eigenvalue weighted by Crippen LogP contribution is 2.27. The van der Waals surface area contributed by atoms with Gasteiger partial charge in [-0.25, -0.2) is 4.79 Å². The molecular formula is C19H27N3O5. The molecule has 0 spiro atoms. The molecule has 1 aliphatic rings. The Labute approximate surface area is 159 Å². The van der Waals surface area contributed by atoms with E-state index in [-0.39, 0.29) is 31.4 Å². The number of amides is 3. The number of nitrogens with zero attached hydrogens (tertiary/aromatic N) is 1. The van der Waals surface area contributed by atoms with E-state index in [0.717, 1.165) is 5.56 Å². The van der Waals surface area contributed by atoms with Crippen LogP contribution in [0.4, 0.5) is 10.5 Å². The van der Waals surface area contributed by atoms with Crippen molar-refractivity contribution in [2.75, 3.05) is 25.5 Å². The van der Waals surface area contributed by atoms with E-state index in [2.05, 4.69) is 10.6 Å². The van der Waals surface area contributed by atoms with Gasteiger partial charge in [-0.3, -0.25) is 9.59 Å². The Balaban J connectivity index is 1.85. The van der Waals surface area contributed by atoms with Crippen LogP contribution in [0.1, 0.15) is 32.8 Å². The molecular weight excluding hydrogens is 350 g/mol. The van der Waals surface area contributed by atoms with E-state index in [1.807, 2.05) is 19.1 Å². The van der Waals surface area contributed by atoms with Crippen LogP contribution in [0.15, 0.2) is 18.2 Å². The molecule has 148 valence electrons. The molecule has 1 aromatic carbocycles. The first-order chi connectivity index (χ1) is 12.5. The van der Waals surface area contributed by atoms with E-state index in [1.54, 1.807) is 33.9 Å². The van der Waals surface area contributed by atoms with Gasteiger partial charge in [0.25, 0.3) is 5.91 Å². The highest BCUT2D eigenvalue weighted by molar-refractivity contribution is 5.99. The molecule has 0 aromatic heterocycles. The number of hydrogen-bond donors (Lipinski definition) is 2. The predicted molar refractivity (Wildman–Crippen MR) is 101 cm³/mol. The number of carbonyl (C=O) groups excluding carboxylic acids is 3. The Morgan fingerprint density at radius 2 is 2.07 bits per heavy atom. The van der Waals surface area contributed by atoms with Crippen LogP contribution in [-0.2, 0) is 14.3 Å². The average molecular weight is 377 g/mol. The lowest BCUT2D eigenvalue weighted by Gasteiger charge is -2.24. The van der Waals surface area contributed by atoms with E-state index >= 15 is 0 Å². The summed E-state index contributed by atoms with van der Waals surface area (Å²) in [6.45, 7) is 7.46. The van der Waals surface area contributed by atoms with Gasteiger partial charge in [0.1, 0.15) is 24.0 Å². The molecule has 0 saturated carbocycles. The van der Waals surface area contributed by atoms with Crippen molar-refractivity contribution in [3.8, 4) is 5.75 Å². The molecule has 2 N–H and O–H groups in total. The van der Waals surface area contributed by atoms with Gasteiger partial charge in [-0.05, 0) is 45.4 Å². The summed E-state index contributed by atoms with van der Waals surface area (Å²) in [6.07, 6.45) is -0.456. The highest BCUT2D eigenvalue weighted by Gasteiger charge is 2.27. The maximum Gasteiger partial charge on any atom is 0.410 e. The highest BCUT2D eigenvalue weighted by atomic mass is 16.6. The first-order valence-corrected chi connectivity index (χ1v) is 8.83. The third-order valence-corrected chi connectivity index (χ3v) is 3.83. The SMILES string of the molecule is Cc1ccc2c(c1)OC[C@H](NC(=O)CCN(C)C(=O)OC(C)(C)C)C(=O)N2. The number of carbonyl (C=O) groups is 3. The normalized spacial score (nSPS) is 16.3. The molecule has 0 aliphatic carbocycles. The number of nitrogens with one attached hydrogen (secondary N) is 2. The van der Waals surface area contributed by atoms with Crippen LogP contribution < -0.4 is 15.4 Å². The molecule has 0 fully saturated rings. The Morgan fingerprint density at radius 1 is 1.37 bits per heavy atom. The molecule has 0 saturated heterocycles. The van der Waals surface area contributed by atoms with Crippen LogP contribution in [0, 0.1) is 6.92 Å². The van der Waals surface area contributed by atoms with Crippen molar-refractivity contribution in [2.45, 2.75) is 45.8 Å². The van der Waals surface area contributed by atoms with Gasteiger partial charge in [0, 0.05) is 20.0 Å². The lowest BCUT2D eigenvalue weighted by molar-refractivity contribution is -0.127. The minimum Gasteiger partial charge on any atom is -0.489 e. The summed E-state index contributed by atoms with van der Waals surface area (Å²) in [6, 6.07) is 4.66. The largest absolute Gasteiger partial charge is 0.489 e. The minimum absolute atomic E-state index is 0.0376. The molecule has 3 amide bonds. The summed E-state index contributed by atoms with van der Waals surface area (Å²) in [5, 5.41) is 5.40. The van der Waals surface area contributed by atoms with Gasteiger partial charge < -0.3 is 25.0 Å². The first kappa shape index (κ1) is 20.5. The van der Waals surface area contributed by atoms with Gasteiger partial charge in [-0.2, -0.15) is 0 Å². The van der Waals surface area contributed by atoms with Crippen molar-refractivity contribution in [3.63, 3.8) is 0 Å². The summed E-state index contributed by atoms with van der Waals surface area (Å²) >= 11 is 0. The Hall–Kier alpha value is -2.77. The Morgan fingerprint density at radius 3 is 2.74 bits per heavy atom. The quantitative estimate of drug-likeness (QED) is 0.837. The zero-order valence-electron chi connectivity index (χ0n) is 16.4. The van der Waals surface area contributed by atoms with Crippen molar-refractivity contribution in [3.05, 3.63) is 23.8 Å². The average Bonchev–Trinajstić information content (AvgIpc) is 2.70. The number of ether oxygens (including phenoxy) is 2. The fourth-order valence-corrected chi connectivity index (χ4v) is 2.39. The minimum atomic E-state index is -0.808. The summed E-state index contributed by atoms with van der Waals surface area (Å²) in [5.74, 6) is -0.118. The van der Waals surface area contributed by atoms with Crippen molar-refractivity contribution >= 4 is 23.6 Å². The summed E-state index contributed by atoms with van der Waals surface area (Å²) in [4.78, 5) is 37.7. The topological polar surface area (TPSA) is 97.0 Å². The van der Waals surface area contributed by atoms with Crippen molar-refractivity contribution < 1.29 is 23.9 Å². The number of benzene rings is 1. The molecule has 2 rings (SSSR count). The van der Waals surface area contributed by atoms with E-state index in [1.165, 1.54) is 4.90 Å². The second kappa shape index (κ2) is 8.28. The Kier molecular flexibility index (Phi) is 6.30. The second-order valence-corrected chi connectivity index (χ2v) is 7.57. The maximum absolute atomic E-state index is 12.3. The number of fused-ring (bicyclic) bond motifs is 1. The molecule has 1 heterocycles. The summed E-state index contributed by atoms with van der Waals surface area (Å²) in [5.41, 5.74) is 0.985. The van der Waals surface area contributed by atoms with Gasteiger partial charge in [0.2, 0.25) is 5.91 Å². The lowest BCUT2D eigenvalue weighted by atomic mass is 10.2. The molecule has 1 atom stereocenters. The van der Waals surface area contributed by atoms with Gasteiger partial charge in [-0.1, -0.05) is 6.07 Å². The monoisotopic (exact) mass is 377 g/mol. The zero-order valence-corrected chi connectivity index (χ0v) is 16.4. The van der Waals surface area contributed by atoms with Gasteiger partial charge in [0.05, 0.1) is 5.69 Å². The number of rotatable bonds is 4. The van der Waals surface area contributed by atoms with E-state index in [4.69, 9.17) is 9.47 Å². The van der Waals surface area contributed by atoms with Crippen molar-refractivity contribution in [1.29, 1.82) is 0 Å². The first-order valence-electron chi connectivity index (χ1n) is 8.83. The molecule has 8 heteroatoms. The molecule has 1 aliphatic heterocycles. The van der Waals surface area contributed by atoms with Crippen LogP contribution in [-0.4, -0.2) is 54.6 Å². The summed E-state index contributed by atoms with van der Waals surface area (Å²) < 4.78 is 10.9. The van der Waals surface area contributed by atoms with E-state index < -0.39 is 17.7 Å². The second-order valence-electron chi connectivity index (χ2n) is 7.57.